The van der Waals surface area contributed by atoms with Crippen LogP contribution in [0, 0.1) is 0 Å². The maximum absolute atomic E-state index is 12.5. The summed E-state index contributed by atoms with van der Waals surface area (Å²) in [5.74, 6) is -4.21. The van der Waals surface area contributed by atoms with Crippen LogP contribution in [0.2, 0.25) is 5.02 Å². The Kier molecular flexibility index (Phi) is 5.37. The van der Waals surface area contributed by atoms with Crippen LogP contribution in [0.5, 0.6) is 0 Å². The summed E-state index contributed by atoms with van der Waals surface area (Å²) >= 11 is 5.62. The van der Waals surface area contributed by atoms with E-state index in [-0.39, 0.29) is 0 Å². The first kappa shape index (κ1) is 15.2. The van der Waals surface area contributed by atoms with Crippen LogP contribution in [0.25, 0.3) is 0 Å². The Morgan fingerprint density at radius 3 is 2.28 bits per heavy atom. The molecule has 7 heteroatoms. The lowest BCUT2D eigenvalue weighted by molar-refractivity contribution is -0.170. The molecule has 0 aromatic heterocycles. The summed E-state index contributed by atoms with van der Waals surface area (Å²) in [5.41, 5.74) is 0.403. The molecule has 0 saturated heterocycles. The number of hydrogen-bond donors (Lipinski definition) is 1. The van der Waals surface area contributed by atoms with Gasteiger partial charge in [-0.3, -0.25) is 0 Å². The minimum absolute atomic E-state index is 0.403. The summed E-state index contributed by atoms with van der Waals surface area (Å²) in [7, 11) is 0. The van der Waals surface area contributed by atoms with Crippen molar-refractivity contribution >= 4 is 11.6 Å². The van der Waals surface area contributed by atoms with Gasteiger partial charge >= 0.3 is 12.3 Å². The van der Waals surface area contributed by atoms with Gasteiger partial charge in [-0.25, -0.2) is 8.78 Å². The fourth-order valence-electron chi connectivity index (χ4n) is 1.15. The SMILES string of the molecule is OC(COCC(F)(F)C(F)F)c1ccc(Cl)cc1. The van der Waals surface area contributed by atoms with E-state index in [1.807, 2.05) is 0 Å². The molecular formula is C11H11ClF4O2. The lowest BCUT2D eigenvalue weighted by Crippen LogP contribution is -2.33. The number of ether oxygens (including phenoxy) is 1. The van der Waals surface area contributed by atoms with Gasteiger partial charge in [-0.05, 0) is 17.7 Å². The molecule has 1 rings (SSSR count). The van der Waals surface area contributed by atoms with Crippen LogP contribution in [0.15, 0.2) is 24.3 Å². The zero-order valence-electron chi connectivity index (χ0n) is 9.12. The smallest absolute Gasteiger partial charge is 0.330 e. The zero-order valence-corrected chi connectivity index (χ0v) is 9.88. The third kappa shape index (κ3) is 4.44. The Hall–Kier alpha value is -0.850. The van der Waals surface area contributed by atoms with Crippen molar-refractivity contribution in [1.29, 1.82) is 0 Å². The van der Waals surface area contributed by atoms with Crippen molar-refractivity contribution in [2.45, 2.75) is 18.5 Å². The zero-order chi connectivity index (χ0) is 13.8. The lowest BCUT2D eigenvalue weighted by Gasteiger charge is -2.17. The predicted molar refractivity (Wildman–Crippen MR) is 58.2 cm³/mol. The Morgan fingerprint density at radius 2 is 1.78 bits per heavy atom. The minimum Gasteiger partial charge on any atom is -0.386 e. The van der Waals surface area contributed by atoms with E-state index in [1.54, 1.807) is 0 Å². The molecule has 0 spiro atoms. The number of alkyl halides is 4. The fraction of sp³-hybridized carbons (Fsp3) is 0.455. The molecule has 18 heavy (non-hydrogen) atoms. The molecule has 0 aliphatic carbocycles. The molecule has 2 nitrogen and oxygen atoms in total. The summed E-state index contributed by atoms with van der Waals surface area (Å²) in [4.78, 5) is 0. The molecule has 1 N–H and O–H groups in total. The third-order valence-electron chi connectivity index (χ3n) is 2.14. The number of aliphatic hydroxyl groups is 1. The van der Waals surface area contributed by atoms with E-state index in [0.717, 1.165) is 0 Å². The molecule has 1 aromatic rings. The predicted octanol–water partition coefficient (Wildman–Crippen LogP) is 3.29. The molecule has 0 heterocycles. The van der Waals surface area contributed by atoms with Gasteiger partial charge in [0.2, 0.25) is 0 Å². The average Bonchev–Trinajstić information content (AvgIpc) is 2.29. The summed E-state index contributed by atoms with van der Waals surface area (Å²) < 4.78 is 52.9. The fourth-order valence-corrected chi connectivity index (χ4v) is 1.28. The number of halogens is 5. The van der Waals surface area contributed by atoms with E-state index in [0.29, 0.717) is 10.6 Å². The van der Waals surface area contributed by atoms with Gasteiger partial charge in [-0.15, -0.1) is 0 Å². The average molecular weight is 287 g/mol. The highest BCUT2D eigenvalue weighted by Gasteiger charge is 2.41. The molecule has 0 fully saturated rings. The largest absolute Gasteiger partial charge is 0.386 e. The molecule has 0 radical (unpaired) electrons. The Labute approximate surface area is 106 Å². The number of benzene rings is 1. The van der Waals surface area contributed by atoms with Crippen LogP contribution < -0.4 is 0 Å². The molecule has 0 aliphatic heterocycles. The molecule has 0 amide bonds. The van der Waals surface area contributed by atoms with Crippen LogP contribution in [-0.4, -0.2) is 30.7 Å². The van der Waals surface area contributed by atoms with Crippen LogP contribution in [0.1, 0.15) is 11.7 Å². The van der Waals surface area contributed by atoms with E-state index < -0.39 is 31.7 Å². The van der Waals surface area contributed by atoms with Gasteiger partial charge in [0.05, 0.1) is 6.61 Å². The molecule has 1 aromatic carbocycles. The van der Waals surface area contributed by atoms with Crippen molar-refractivity contribution in [2.24, 2.45) is 0 Å². The second-order valence-corrected chi connectivity index (χ2v) is 4.08. The van der Waals surface area contributed by atoms with Crippen molar-refractivity contribution in [1.82, 2.24) is 0 Å². The van der Waals surface area contributed by atoms with Crippen molar-refractivity contribution in [3.63, 3.8) is 0 Å². The van der Waals surface area contributed by atoms with Gasteiger partial charge in [0.15, 0.2) is 0 Å². The second kappa shape index (κ2) is 6.36. The Bertz CT molecular complexity index is 370. The molecule has 0 saturated carbocycles. The summed E-state index contributed by atoms with van der Waals surface area (Å²) in [5, 5.41) is 10.0. The normalized spacial score (nSPS) is 13.9. The van der Waals surface area contributed by atoms with Crippen LogP contribution >= 0.6 is 11.6 Å². The quantitative estimate of drug-likeness (QED) is 0.813. The van der Waals surface area contributed by atoms with Gasteiger partial charge in [0.1, 0.15) is 12.7 Å². The molecule has 1 unspecified atom stereocenters. The molecule has 0 aliphatic rings. The molecule has 102 valence electrons. The molecule has 0 bridgehead atoms. The van der Waals surface area contributed by atoms with Crippen molar-refractivity contribution < 1.29 is 27.4 Å². The first-order valence-electron chi connectivity index (χ1n) is 5.00. The van der Waals surface area contributed by atoms with E-state index in [2.05, 4.69) is 4.74 Å². The number of aliphatic hydroxyl groups excluding tert-OH is 1. The third-order valence-corrected chi connectivity index (χ3v) is 2.40. The first-order chi connectivity index (χ1) is 8.33. The first-order valence-corrected chi connectivity index (χ1v) is 5.38. The van der Waals surface area contributed by atoms with Gasteiger partial charge in [-0.2, -0.15) is 8.78 Å². The standard InChI is InChI=1S/C11H11ClF4O2/c12-8-3-1-7(2-4-8)9(17)5-18-6-11(15,16)10(13)14/h1-4,9-10,17H,5-6H2. The van der Waals surface area contributed by atoms with E-state index in [1.165, 1.54) is 24.3 Å². The maximum Gasteiger partial charge on any atom is 0.330 e. The molecular weight excluding hydrogens is 276 g/mol. The van der Waals surface area contributed by atoms with Crippen molar-refractivity contribution in [3.8, 4) is 0 Å². The maximum atomic E-state index is 12.5. The van der Waals surface area contributed by atoms with Gasteiger partial charge in [-0.1, -0.05) is 23.7 Å². The van der Waals surface area contributed by atoms with Gasteiger partial charge in [0.25, 0.3) is 0 Å². The highest BCUT2D eigenvalue weighted by molar-refractivity contribution is 6.30. The van der Waals surface area contributed by atoms with Crippen LogP contribution in [0.3, 0.4) is 0 Å². The molecule has 1 atom stereocenters. The Morgan fingerprint density at radius 1 is 1.22 bits per heavy atom. The van der Waals surface area contributed by atoms with E-state index in [4.69, 9.17) is 11.6 Å². The second-order valence-electron chi connectivity index (χ2n) is 3.64. The Balaban J connectivity index is 2.42. The van der Waals surface area contributed by atoms with Gasteiger partial charge < -0.3 is 9.84 Å². The topological polar surface area (TPSA) is 29.5 Å². The monoisotopic (exact) mass is 286 g/mol. The van der Waals surface area contributed by atoms with Crippen LogP contribution in [0.4, 0.5) is 17.6 Å². The van der Waals surface area contributed by atoms with Gasteiger partial charge in [0, 0.05) is 5.02 Å². The highest BCUT2D eigenvalue weighted by atomic mass is 35.5. The van der Waals surface area contributed by atoms with Crippen molar-refractivity contribution in [3.05, 3.63) is 34.9 Å². The van der Waals surface area contributed by atoms with Crippen molar-refractivity contribution in [2.75, 3.05) is 13.2 Å². The highest BCUT2D eigenvalue weighted by Crippen LogP contribution is 2.24. The summed E-state index contributed by atoms with van der Waals surface area (Å²) in [6, 6.07) is 5.99. The summed E-state index contributed by atoms with van der Waals surface area (Å²) in [6.07, 6.45) is -4.96. The number of hydrogen-bond acceptors (Lipinski definition) is 2. The van der Waals surface area contributed by atoms with E-state index >= 15 is 0 Å². The number of rotatable bonds is 6. The van der Waals surface area contributed by atoms with Crippen LogP contribution in [-0.2, 0) is 4.74 Å². The lowest BCUT2D eigenvalue weighted by atomic mass is 10.1. The van der Waals surface area contributed by atoms with E-state index in [9.17, 15) is 22.7 Å². The summed E-state index contributed by atoms with van der Waals surface area (Å²) in [6.45, 7) is -1.93. The minimum atomic E-state index is -4.21.